The summed E-state index contributed by atoms with van der Waals surface area (Å²) in [5.41, 5.74) is 1.39. The van der Waals surface area contributed by atoms with Gasteiger partial charge in [0.15, 0.2) is 6.10 Å². The van der Waals surface area contributed by atoms with E-state index < -0.39 is 6.10 Å². The van der Waals surface area contributed by atoms with Crippen LogP contribution in [0.1, 0.15) is 31.7 Å². The summed E-state index contributed by atoms with van der Waals surface area (Å²) < 4.78 is 6.12. The Balaban J connectivity index is 1.35. The van der Waals surface area contributed by atoms with Gasteiger partial charge in [0.25, 0.3) is 5.91 Å². The molecule has 0 spiro atoms. The van der Waals surface area contributed by atoms with Crippen LogP contribution in [0.5, 0.6) is 5.75 Å². The molecular weight excluding hydrogens is 358 g/mol. The Bertz CT molecular complexity index is 945. The Morgan fingerprint density at radius 1 is 0.966 bits per heavy atom. The predicted molar refractivity (Wildman–Crippen MR) is 118 cm³/mol. The van der Waals surface area contributed by atoms with Crippen molar-refractivity contribution in [3.63, 3.8) is 0 Å². The van der Waals surface area contributed by atoms with Crippen molar-refractivity contribution in [1.29, 1.82) is 0 Å². The molecule has 0 radical (unpaired) electrons. The Hall–Kier alpha value is -2.81. The number of amides is 1. The lowest BCUT2D eigenvalue weighted by Gasteiger charge is -2.34. The molecule has 3 heteroatoms. The molecule has 0 N–H and O–H groups in total. The van der Waals surface area contributed by atoms with Crippen LogP contribution < -0.4 is 4.74 Å². The minimum absolute atomic E-state index is 0.124. The molecule has 1 amide bonds. The van der Waals surface area contributed by atoms with Gasteiger partial charge in [0.1, 0.15) is 5.75 Å². The first-order valence-electron chi connectivity index (χ1n) is 10.7. The van der Waals surface area contributed by atoms with Crippen molar-refractivity contribution in [2.75, 3.05) is 13.1 Å². The predicted octanol–water partition coefficient (Wildman–Crippen LogP) is 5.48. The van der Waals surface area contributed by atoms with E-state index in [1.54, 1.807) is 0 Å². The first-order valence-corrected chi connectivity index (χ1v) is 10.7. The molecule has 4 rings (SSSR count). The van der Waals surface area contributed by atoms with Crippen LogP contribution in [0.3, 0.4) is 0 Å². The van der Waals surface area contributed by atoms with Crippen LogP contribution in [0.25, 0.3) is 10.8 Å². The van der Waals surface area contributed by atoms with Crippen molar-refractivity contribution in [2.24, 2.45) is 5.92 Å². The fourth-order valence-corrected chi connectivity index (χ4v) is 4.22. The fourth-order valence-electron chi connectivity index (χ4n) is 4.22. The maximum Gasteiger partial charge on any atom is 0.263 e. The van der Waals surface area contributed by atoms with E-state index in [2.05, 4.69) is 48.5 Å². The van der Waals surface area contributed by atoms with E-state index in [0.717, 1.165) is 43.5 Å². The molecule has 1 aliphatic rings. The number of hydrogen-bond donors (Lipinski definition) is 0. The van der Waals surface area contributed by atoms with Gasteiger partial charge in [0.05, 0.1) is 0 Å². The number of rotatable bonds is 6. The van der Waals surface area contributed by atoms with Gasteiger partial charge in [-0.15, -0.1) is 0 Å². The first kappa shape index (κ1) is 19.5. The van der Waals surface area contributed by atoms with Crippen LogP contribution in [-0.2, 0) is 11.2 Å². The molecule has 1 fully saturated rings. The number of carbonyl (C=O) groups is 1. The fraction of sp³-hybridized carbons (Fsp3) is 0.346. The van der Waals surface area contributed by atoms with Gasteiger partial charge in [-0.05, 0) is 60.1 Å². The molecular formula is C26H29NO2. The number of carbonyl (C=O) groups excluding carboxylic acids is 1. The number of piperidine rings is 1. The largest absolute Gasteiger partial charge is 0.481 e. The Kier molecular flexibility index (Phi) is 6.14. The summed E-state index contributed by atoms with van der Waals surface area (Å²) in [6.07, 6.45) is 3.49. The molecule has 0 aromatic heterocycles. The topological polar surface area (TPSA) is 29.5 Å². The second kappa shape index (κ2) is 9.13. The second-order valence-electron chi connectivity index (χ2n) is 7.98. The molecule has 1 aliphatic heterocycles. The number of benzene rings is 3. The number of nitrogens with zero attached hydrogens (tertiary/aromatic N) is 1. The Labute approximate surface area is 173 Å². The van der Waals surface area contributed by atoms with Crippen molar-refractivity contribution in [1.82, 2.24) is 4.90 Å². The highest BCUT2D eigenvalue weighted by Gasteiger charge is 2.28. The van der Waals surface area contributed by atoms with Crippen LogP contribution in [-0.4, -0.2) is 30.0 Å². The summed E-state index contributed by atoms with van der Waals surface area (Å²) in [6.45, 7) is 3.67. The quantitative estimate of drug-likeness (QED) is 0.561. The lowest BCUT2D eigenvalue weighted by molar-refractivity contribution is -0.140. The van der Waals surface area contributed by atoms with Crippen LogP contribution in [0.2, 0.25) is 0 Å². The average molecular weight is 388 g/mol. The third-order valence-electron chi connectivity index (χ3n) is 5.94. The van der Waals surface area contributed by atoms with E-state index >= 15 is 0 Å². The minimum atomic E-state index is -0.415. The lowest BCUT2D eigenvalue weighted by Crippen LogP contribution is -2.45. The number of ether oxygens (including phenoxy) is 1. The summed E-state index contributed by atoms with van der Waals surface area (Å²) >= 11 is 0. The SMILES string of the molecule is CC[C@@H](Oc1ccc2ccccc2c1)C(=O)N1CCC(Cc2ccccc2)CC1. The van der Waals surface area contributed by atoms with Gasteiger partial charge in [-0.2, -0.15) is 0 Å². The highest BCUT2D eigenvalue weighted by molar-refractivity contribution is 5.84. The van der Waals surface area contributed by atoms with E-state index in [1.165, 1.54) is 10.9 Å². The maximum absolute atomic E-state index is 13.1. The monoisotopic (exact) mass is 387 g/mol. The molecule has 150 valence electrons. The van der Waals surface area contributed by atoms with Gasteiger partial charge in [-0.1, -0.05) is 67.6 Å². The lowest BCUT2D eigenvalue weighted by atomic mass is 9.90. The van der Waals surface area contributed by atoms with Gasteiger partial charge in [0, 0.05) is 13.1 Å². The van der Waals surface area contributed by atoms with Crippen molar-refractivity contribution < 1.29 is 9.53 Å². The molecule has 0 unspecified atom stereocenters. The number of fused-ring (bicyclic) bond motifs is 1. The highest BCUT2D eigenvalue weighted by atomic mass is 16.5. The summed E-state index contributed by atoms with van der Waals surface area (Å²) in [5, 5.41) is 2.31. The molecule has 1 saturated heterocycles. The number of hydrogen-bond acceptors (Lipinski definition) is 2. The smallest absolute Gasteiger partial charge is 0.263 e. The molecule has 0 saturated carbocycles. The van der Waals surface area contributed by atoms with Crippen LogP contribution in [0.15, 0.2) is 72.8 Å². The van der Waals surface area contributed by atoms with E-state index in [-0.39, 0.29) is 5.91 Å². The molecule has 3 aromatic rings. The van der Waals surface area contributed by atoms with Crippen LogP contribution in [0, 0.1) is 5.92 Å². The van der Waals surface area contributed by atoms with Crippen LogP contribution >= 0.6 is 0 Å². The van der Waals surface area contributed by atoms with Gasteiger partial charge in [-0.3, -0.25) is 4.79 Å². The molecule has 1 heterocycles. The van der Waals surface area contributed by atoms with Crippen molar-refractivity contribution >= 4 is 16.7 Å². The minimum Gasteiger partial charge on any atom is -0.481 e. The molecule has 29 heavy (non-hydrogen) atoms. The Morgan fingerprint density at radius 2 is 1.66 bits per heavy atom. The van der Waals surface area contributed by atoms with E-state index in [1.807, 2.05) is 36.1 Å². The second-order valence-corrected chi connectivity index (χ2v) is 7.98. The summed E-state index contributed by atoms with van der Waals surface area (Å²) in [6, 6.07) is 24.9. The first-order chi connectivity index (χ1) is 14.2. The van der Waals surface area contributed by atoms with Crippen molar-refractivity contribution in [2.45, 2.75) is 38.7 Å². The zero-order chi connectivity index (χ0) is 20.1. The van der Waals surface area contributed by atoms with Crippen molar-refractivity contribution in [3.8, 4) is 5.75 Å². The molecule has 1 atom stereocenters. The van der Waals surface area contributed by atoms with E-state index in [4.69, 9.17) is 4.74 Å². The zero-order valence-corrected chi connectivity index (χ0v) is 17.1. The average Bonchev–Trinajstić information content (AvgIpc) is 2.78. The third kappa shape index (κ3) is 4.79. The van der Waals surface area contributed by atoms with E-state index in [9.17, 15) is 4.79 Å². The van der Waals surface area contributed by atoms with E-state index in [0.29, 0.717) is 12.3 Å². The third-order valence-corrected chi connectivity index (χ3v) is 5.94. The standard InChI is InChI=1S/C26H29NO2/c1-2-25(29-24-13-12-22-10-6-7-11-23(22)19-24)26(28)27-16-14-21(15-17-27)18-20-8-4-3-5-9-20/h3-13,19,21,25H,2,14-18H2,1H3/t25-/m1/s1. The Morgan fingerprint density at radius 3 is 2.38 bits per heavy atom. The van der Waals surface area contributed by atoms with Crippen molar-refractivity contribution in [3.05, 3.63) is 78.4 Å². The van der Waals surface area contributed by atoms with Crippen LogP contribution in [0.4, 0.5) is 0 Å². The molecule has 0 aliphatic carbocycles. The molecule has 3 aromatic carbocycles. The number of likely N-dealkylation sites (tertiary alicyclic amines) is 1. The van der Waals surface area contributed by atoms with Gasteiger partial charge in [0.2, 0.25) is 0 Å². The highest BCUT2D eigenvalue weighted by Crippen LogP contribution is 2.25. The van der Waals surface area contributed by atoms with Gasteiger partial charge >= 0.3 is 0 Å². The van der Waals surface area contributed by atoms with Gasteiger partial charge in [-0.25, -0.2) is 0 Å². The molecule has 0 bridgehead atoms. The zero-order valence-electron chi connectivity index (χ0n) is 17.1. The van der Waals surface area contributed by atoms with Gasteiger partial charge < -0.3 is 9.64 Å². The maximum atomic E-state index is 13.1. The normalized spacial score (nSPS) is 16.0. The summed E-state index contributed by atoms with van der Waals surface area (Å²) in [7, 11) is 0. The summed E-state index contributed by atoms with van der Waals surface area (Å²) in [4.78, 5) is 15.1. The summed E-state index contributed by atoms with van der Waals surface area (Å²) in [5.74, 6) is 1.55. The molecule has 3 nitrogen and oxygen atoms in total.